The summed E-state index contributed by atoms with van der Waals surface area (Å²) in [5.74, 6) is 1.71. The van der Waals surface area contributed by atoms with Crippen molar-refractivity contribution in [3.05, 3.63) is 29.8 Å². The molecule has 0 aliphatic heterocycles. The first kappa shape index (κ1) is 13.4. The van der Waals surface area contributed by atoms with Crippen molar-refractivity contribution in [3.8, 4) is 5.75 Å². The van der Waals surface area contributed by atoms with Crippen LogP contribution in [0.5, 0.6) is 5.75 Å². The third-order valence-corrected chi connectivity index (χ3v) is 4.04. The predicted molar refractivity (Wildman–Crippen MR) is 75.8 cm³/mol. The summed E-state index contributed by atoms with van der Waals surface area (Å²) >= 11 is 0. The largest absolute Gasteiger partial charge is 0.497 e. The van der Waals surface area contributed by atoms with Gasteiger partial charge >= 0.3 is 0 Å². The smallest absolute Gasteiger partial charge is 0.119 e. The second-order valence-corrected chi connectivity index (χ2v) is 6.39. The monoisotopic (exact) mass is 247 g/mol. The highest BCUT2D eigenvalue weighted by molar-refractivity contribution is 5.28. The highest BCUT2D eigenvalue weighted by atomic mass is 16.5. The standard InChI is InChI=1S/C16H25NO/c1-12-9-16(2,3)10-15(12)17-11-13-6-5-7-14(8-13)18-4/h5-8,12,15,17H,9-11H2,1-4H3. The molecule has 0 heterocycles. The maximum absolute atomic E-state index is 5.25. The van der Waals surface area contributed by atoms with Crippen molar-refractivity contribution < 1.29 is 4.74 Å². The normalized spacial score (nSPS) is 26.2. The van der Waals surface area contributed by atoms with Gasteiger partial charge in [0.15, 0.2) is 0 Å². The van der Waals surface area contributed by atoms with Gasteiger partial charge in [0.2, 0.25) is 0 Å². The van der Waals surface area contributed by atoms with E-state index in [1.807, 2.05) is 6.07 Å². The molecule has 1 N–H and O–H groups in total. The van der Waals surface area contributed by atoms with Crippen LogP contribution in [0.25, 0.3) is 0 Å². The van der Waals surface area contributed by atoms with Crippen LogP contribution in [0.4, 0.5) is 0 Å². The summed E-state index contributed by atoms with van der Waals surface area (Å²) in [4.78, 5) is 0. The van der Waals surface area contributed by atoms with Gasteiger partial charge < -0.3 is 10.1 Å². The molecular weight excluding hydrogens is 222 g/mol. The van der Waals surface area contributed by atoms with Gasteiger partial charge in [0, 0.05) is 12.6 Å². The van der Waals surface area contributed by atoms with Crippen LogP contribution in [0.1, 0.15) is 39.2 Å². The molecule has 2 rings (SSSR count). The Hall–Kier alpha value is -1.02. The molecule has 0 aromatic heterocycles. The van der Waals surface area contributed by atoms with Gasteiger partial charge in [-0.1, -0.05) is 32.9 Å². The summed E-state index contributed by atoms with van der Waals surface area (Å²) in [7, 11) is 1.72. The maximum Gasteiger partial charge on any atom is 0.119 e. The summed E-state index contributed by atoms with van der Waals surface area (Å²) in [6.45, 7) is 8.04. The first-order valence-electron chi connectivity index (χ1n) is 6.86. The highest BCUT2D eigenvalue weighted by Crippen LogP contribution is 2.40. The van der Waals surface area contributed by atoms with Crippen molar-refractivity contribution in [2.24, 2.45) is 11.3 Å². The Labute approximate surface area is 111 Å². The summed E-state index contributed by atoms with van der Waals surface area (Å²) in [6, 6.07) is 8.95. The van der Waals surface area contributed by atoms with E-state index in [1.54, 1.807) is 7.11 Å². The zero-order chi connectivity index (χ0) is 13.2. The molecule has 0 bridgehead atoms. The maximum atomic E-state index is 5.25. The lowest BCUT2D eigenvalue weighted by Gasteiger charge is -2.18. The SMILES string of the molecule is COc1cccc(CNC2CC(C)(C)CC2C)c1. The van der Waals surface area contributed by atoms with Gasteiger partial charge in [0.1, 0.15) is 5.75 Å². The fraction of sp³-hybridized carbons (Fsp3) is 0.625. The average molecular weight is 247 g/mol. The quantitative estimate of drug-likeness (QED) is 0.877. The number of ether oxygens (including phenoxy) is 1. The van der Waals surface area contributed by atoms with E-state index in [1.165, 1.54) is 18.4 Å². The molecule has 1 saturated carbocycles. The van der Waals surface area contributed by atoms with Crippen LogP contribution >= 0.6 is 0 Å². The molecule has 0 saturated heterocycles. The Bertz CT molecular complexity index is 400. The van der Waals surface area contributed by atoms with Crippen LogP contribution < -0.4 is 10.1 Å². The van der Waals surface area contributed by atoms with E-state index >= 15 is 0 Å². The van der Waals surface area contributed by atoms with Crippen LogP contribution in [0.3, 0.4) is 0 Å². The zero-order valence-electron chi connectivity index (χ0n) is 12.0. The van der Waals surface area contributed by atoms with Gasteiger partial charge in [-0.15, -0.1) is 0 Å². The van der Waals surface area contributed by atoms with Gasteiger partial charge in [0.05, 0.1) is 7.11 Å². The Kier molecular flexibility index (Phi) is 3.96. The Morgan fingerprint density at radius 3 is 2.72 bits per heavy atom. The van der Waals surface area contributed by atoms with Crippen LogP contribution in [-0.2, 0) is 6.54 Å². The minimum Gasteiger partial charge on any atom is -0.497 e. The summed E-state index contributed by atoms with van der Waals surface area (Å²) in [5.41, 5.74) is 1.79. The molecule has 100 valence electrons. The van der Waals surface area contributed by atoms with Crippen LogP contribution in [0.15, 0.2) is 24.3 Å². The van der Waals surface area contributed by atoms with Crippen LogP contribution in [-0.4, -0.2) is 13.2 Å². The number of methoxy groups -OCH3 is 1. The van der Waals surface area contributed by atoms with E-state index in [2.05, 4.69) is 44.3 Å². The predicted octanol–water partition coefficient (Wildman–Crippen LogP) is 3.61. The third-order valence-electron chi connectivity index (χ3n) is 4.04. The lowest BCUT2D eigenvalue weighted by molar-refractivity contribution is 0.362. The molecular formula is C16H25NO. The highest BCUT2D eigenvalue weighted by Gasteiger charge is 2.36. The molecule has 0 amide bonds. The van der Waals surface area contributed by atoms with E-state index in [9.17, 15) is 0 Å². The first-order chi connectivity index (χ1) is 8.50. The Morgan fingerprint density at radius 2 is 2.11 bits per heavy atom. The van der Waals surface area contributed by atoms with Crippen molar-refractivity contribution in [1.82, 2.24) is 5.32 Å². The average Bonchev–Trinajstić information content (AvgIpc) is 2.60. The zero-order valence-corrected chi connectivity index (χ0v) is 12.0. The van der Waals surface area contributed by atoms with Crippen molar-refractivity contribution in [3.63, 3.8) is 0 Å². The minimum atomic E-state index is 0.492. The molecule has 0 spiro atoms. The van der Waals surface area contributed by atoms with E-state index in [0.717, 1.165) is 18.2 Å². The van der Waals surface area contributed by atoms with Crippen molar-refractivity contribution >= 4 is 0 Å². The van der Waals surface area contributed by atoms with E-state index in [4.69, 9.17) is 4.74 Å². The molecule has 1 aromatic carbocycles. The first-order valence-corrected chi connectivity index (χ1v) is 6.86. The third kappa shape index (κ3) is 3.26. The minimum absolute atomic E-state index is 0.492. The number of hydrogen-bond acceptors (Lipinski definition) is 2. The molecule has 2 heteroatoms. The fourth-order valence-electron chi connectivity index (χ4n) is 3.20. The molecule has 18 heavy (non-hydrogen) atoms. The molecule has 1 aromatic rings. The molecule has 1 aliphatic carbocycles. The van der Waals surface area contributed by atoms with Gasteiger partial charge in [-0.05, 0) is 41.9 Å². The van der Waals surface area contributed by atoms with Crippen LogP contribution in [0.2, 0.25) is 0 Å². The molecule has 1 aliphatic rings. The lowest BCUT2D eigenvalue weighted by atomic mass is 9.91. The molecule has 0 radical (unpaired) electrons. The van der Waals surface area contributed by atoms with E-state index in [0.29, 0.717) is 11.5 Å². The summed E-state index contributed by atoms with van der Waals surface area (Å²) < 4.78 is 5.25. The number of nitrogens with one attached hydrogen (secondary N) is 1. The van der Waals surface area contributed by atoms with Crippen LogP contribution in [0, 0.1) is 11.3 Å². The van der Waals surface area contributed by atoms with Gasteiger partial charge in [-0.2, -0.15) is 0 Å². The number of benzene rings is 1. The summed E-state index contributed by atoms with van der Waals surface area (Å²) in [6.07, 6.45) is 2.60. The van der Waals surface area contributed by atoms with Gasteiger partial charge in [0.25, 0.3) is 0 Å². The molecule has 2 nitrogen and oxygen atoms in total. The van der Waals surface area contributed by atoms with Crippen molar-refractivity contribution in [2.45, 2.75) is 46.2 Å². The second-order valence-electron chi connectivity index (χ2n) is 6.39. The number of hydrogen-bond donors (Lipinski definition) is 1. The fourth-order valence-corrected chi connectivity index (χ4v) is 3.20. The second kappa shape index (κ2) is 5.31. The Morgan fingerprint density at radius 1 is 1.33 bits per heavy atom. The molecule has 2 atom stereocenters. The van der Waals surface area contributed by atoms with Gasteiger partial charge in [-0.3, -0.25) is 0 Å². The van der Waals surface area contributed by atoms with Crippen molar-refractivity contribution in [1.29, 1.82) is 0 Å². The molecule has 1 fully saturated rings. The number of rotatable bonds is 4. The molecule has 2 unspecified atom stereocenters. The van der Waals surface area contributed by atoms with E-state index in [-0.39, 0.29) is 0 Å². The Balaban J connectivity index is 1.91. The van der Waals surface area contributed by atoms with Crippen molar-refractivity contribution in [2.75, 3.05) is 7.11 Å². The van der Waals surface area contributed by atoms with E-state index < -0.39 is 0 Å². The lowest BCUT2D eigenvalue weighted by Crippen LogP contribution is -2.31. The van der Waals surface area contributed by atoms with Gasteiger partial charge in [-0.25, -0.2) is 0 Å². The summed E-state index contributed by atoms with van der Waals surface area (Å²) in [5, 5.41) is 3.70. The topological polar surface area (TPSA) is 21.3 Å².